The Labute approximate surface area is 247 Å². The second-order valence-electron chi connectivity index (χ2n) is 12.0. The molecule has 1 fully saturated rings. The highest BCUT2D eigenvalue weighted by molar-refractivity contribution is 5.87. The molecule has 220 valence electrons. The number of rotatable bonds is 7. The molecule has 42 heavy (non-hydrogen) atoms. The second kappa shape index (κ2) is 11.4. The standard InChI is InChI=1S/C35H40FN3O3/c1-38(2)33(25-8-7-9-26(36)22-25)24-14-17-35(18-15-24)34-28(27-10-5-6-11-29(27)37-34)16-19-39(35)32(40)21-23-12-13-30(41-3)31(20-23)42-4/h5-13,20,22,24,33,37H,14-19,21H2,1-4H3. The fraction of sp³-hybridized carbons (Fsp3) is 0.400. The van der Waals surface area contributed by atoms with Crippen LogP contribution in [0.25, 0.3) is 10.9 Å². The maximum Gasteiger partial charge on any atom is 0.227 e. The maximum absolute atomic E-state index is 14.2. The van der Waals surface area contributed by atoms with Gasteiger partial charge in [-0.05, 0) is 99.1 Å². The number of aromatic amines is 1. The average molecular weight is 570 g/mol. The Hall–Kier alpha value is -3.84. The number of carbonyl (C=O) groups excluding carboxylic acids is 1. The molecule has 1 aliphatic heterocycles. The summed E-state index contributed by atoms with van der Waals surface area (Å²) in [5, 5.41) is 1.26. The van der Waals surface area contributed by atoms with Crippen molar-refractivity contribution in [2.24, 2.45) is 5.92 Å². The van der Waals surface area contributed by atoms with E-state index in [1.165, 1.54) is 22.7 Å². The van der Waals surface area contributed by atoms with Gasteiger partial charge < -0.3 is 24.3 Å². The first kappa shape index (κ1) is 28.3. The van der Waals surface area contributed by atoms with Crippen LogP contribution in [0.5, 0.6) is 11.5 Å². The van der Waals surface area contributed by atoms with Crippen LogP contribution in [0.2, 0.25) is 0 Å². The average Bonchev–Trinajstić information content (AvgIpc) is 3.38. The summed E-state index contributed by atoms with van der Waals surface area (Å²) in [5.74, 6) is 1.55. The first-order valence-corrected chi connectivity index (χ1v) is 14.9. The molecule has 0 saturated heterocycles. The number of hydrogen-bond donors (Lipinski definition) is 1. The molecular formula is C35H40FN3O3. The van der Waals surface area contributed by atoms with E-state index in [1.54, 1.807) is 26.4 Å². The van der Waals surface area contributed by atoms with Crippen molar-refractivity contribution in [3.63, 3.8) is 0 Å². The summed E-state index contributed by atoms with van der Waals surface area (Å²) in [7, 11) is 7.39. The van der Waals surface area contributed by atoms with Gasteiger partial charge in [-0.2, -0.15) is 0 Å². The monoisotopic (exact) mass is 569 g/mol. The number of hydrogen-bond acceptors (Lipinski definition) is 4. The topological polar surface area (TPSA) is 57.8 Å². The van der Waals surface area contributed by atoms with Gasteiger partial charge >= 0.3 is 0 Å². The van der Waals surface area contributed by atoms with Gasteiger partial charge in [-0.3, -0.25) is 4.79 Å². The van der Waals surface area contributed by atoms with E-state index in [4.69, 9.17) is 9.47 Å². The number of fused-ring (bicyclic) bond motifs is 4. The fourth-order valence-electron chi connectivity index (χ4n) is 7.69. The van der Waals surface area contributed by atoms with Crippen LogP contribution in [0.15, 0.2) is 66.7 Å². The van der Waals surface area contributed by atoms with Crippen LogP contribution in [-0.4, -0.2) is 55.6 Å². The largest absolute Gasteiger partial charge is 0.493 e. The molecule has 7 heteroatoms. The smallest absolute Gasteiger partial charge is 0.227 e. The number of nitrogens with one attached hydrogen (secondary N) is 1. The van der Waals surface area contributed by atoms with Crippen molar-refractivity contribution in [3.8, 4) is 11.5 Å². The van der Waals surface area contributed by atoms with E-state index in [9.17, 15) is 9.18 Å². The van der Waals surface area contributed by atoms with Gasteiger partial charge in [-0.25, -0.2) is 4.39 Å². The quantitative estimate of drug-likeness (QED) is 0.271. The summed E-state index contributed by atoms with van der Waals surface area (Å²) in [4.78, 5) is 22.3. The third-order valence-electron chi connectivity index (χ3n) is 9.54. The first-order valence-electron chi connectivity index (χ1n) is 14.9. The number of para-hydroxylation sites is 1. The van der Waals surface area contributed by atoms with Gasteiger partial charge in [0.2, 0.25) is 5.91 Å². The predicted molar refractivity (Wildman–Crippen MR) is 163 cm³/mol. The van der Waals surface area contributed by atoms with Crippen LogP contribution in [-0.2, 0) is 23.2 Å². The molecular weight excluding hydrogens is 529 g/mol. The van der Waals surface area contributed by atoms with Gasteiger partial charge in [0, 0.05) is 29.2 Å². The van der Waals surface area contributed by atoms with Crippen molar-refractivity contribution >= 4 is 16.8 Å². The molecule has 1 atom stereocenters. The minimum absolute atomic E-state index is 0.111. The number of ether oxygens (including phenoxy) is 2. The maximum atomic E-state index is 14.2. The second-order valence-corrected chi connectivity index (χ2v) is 12.0. The van der Waals surface area contributed by atoms with Crippen LogP contribution < -0.4 is 9.47 Å². The minimum Gasteiger partial charge on any atom is -0.493 e. The molecule has 1 spiro atoms. The molecule has 1 N–H and O–H groups in total. The van der Waals surface area contributed by atoms with Crippen LogP contribution in [0.4, 0.5) is 4.39 Å². The van der Waals surface area contributed by atoms with E-state index in [-0.39, 0.29) is 17.8 Å². The number of methoxy groups -OCH3 is 2. The summed E-state index contributed by atoms with van der Waals surface area (Å²) in [5.41, 5.74) is 5.18. The number of benzene rings is 3. The minimum atomic E-state index is -0.407. The zero-order valence-corrected chi connectivity index (χ0v) is 25.0. The predicted octanol–water partition coefficient (Wildman–Crippen LogP) is 6.64. The van der Waals surface area contributed by atoms with Crippen LogP contribution in [0, 0.1) is 11.7 Å². The van der Waals surface area contributed by atoms with Crippen molar-refractivity contribution in [1.29, 1.82) is 0 Å². The molecule has 0 radical (unpaired) electrons. The van der Waals surface area contributed by atoms with Crippen LogP contribution >= 0.6 is 0 Å². The van der Waals surface area contributed by atoms with E-state index < -0.39 is 5.54 Å². The number of nitrogens with zero attached hydrogens (tertiary/aromatic N) is 2. The Morgan fingerprint density at radius 1 is 1.02 bits per heavy atom. The zero-order chi connectivity index (χ0) is 29.4. The molecule has 1 unspecified atom stereocenters. The molecule has 1 aliphatic carbocycles. The van der Waals surface area contributed by atoms with Crippen LogP contribution in [0.3, 0.4) is 0 Å². The Balaban J connectivity index is 1.34. The molecule has 6 rings (SSSR count). The summed E-state index contributed by atoms with van der Waals surface area (Å²) in [6.07, 6.45) is 4.71. The van der Waals surface area contributed by atoms with E-state index >= 15 is 0 Å². The molecule has 0 bridgehead atoms. The third-order valence-corrected chi connectivity index (χ3v) is 9.54. The molecule has 4 aromatic rings. The molecule has 1 amide bonds. The van der Waals surface area contributed by atoms with Crippen LogP contribution in [0.1, 0.15) is 54.1 Å². The highest BCUT2D eigenvalue weighted by Crippen LogP contribution is 2.51. The summed E-state index contributed by atoms with van der Waals surface area (Å²) >= 11 is 0. The van der Waals surface area contributed by atoms with Crippen molar-refractivity contribution in [2.75, 3.05) is 34.9 Å². The fourth-order valence-corrected chi connectivity index (χ4v) is 7.69. The van der Waals surface area contributed by atoms with Crippen molar-refractivity contribution < 1.29 is 18.7 Å². The van der Waals surface area contributed by atoms with Crippen molar-refractivity contribution in [2.45, 2.75) is 50.1 Å². The van der Waals surface area contributed by atoms with Gasteiger partial charge in [0.25, 0.3) is 0 Å². The number of aromatic nitrogens is 1. The van der Waals surface area contributed by atoms with Gasteiger partial charge in [0.15, 0.2) is 11.5 Å². The van der Waals surface area contributed by atoms with E-state index in [0.717, 1.165) is 48.7 Å². The zero-order valence-electron chi connectivity index (χ0n) is 25.0. The van der Waals surface area contributed by atoms with Gasteiger partial charge in [-0.1, -0.05) is 36.4 Å². The highest BCUT2D eigenvalue weighted by Gasteiger charge is 2.49. The molecule has 2 aliphatic rings. The van der Waals surface area contributed by atoms with E-state index in [2.05, 4.69) is 53.1 Å². The molecule has 6 nitrogen and oxygen atoms in total. The van der Waals surface area contributed by atoms with Gasteiger partial charge in [-0.15, -0.1) is 0 Å². The SMILES string of the molecule is COc1ccc(CC(=O)N2CCc3c([nH]c4ccccc34)C23CCC(C(c2cccc(F)c2)N(C)C)CC3)cc1OC. The molecule has 3 aromatic carbocycles. The normalized spacial score (nSPS) is 21.0. The summed E-state index contributed by atoms with van der Waals surface area (Å²) in [6.45, 7) is 0.687. The van der Waals surface area contributed by atoms with Gasteiger partial charge in [0.05, 0.1) is 26.2 Å². The number of halogens is 1. The van der Waals surface area contributed by atoms with Gasteiger partial charge in [0.1, 0.15) is 5.82 Å². The summed E-state index contributed by atoms with van der Waals surface area (Å²) in [6, 6.07) is 21.3. The molecule has 1 saturated carbocycles. The lowest BCUT2D eigenvalue weighted by Gasteiger charge is -2.52. The number of H-pyrrole nitrogens is 1. The first-order chi connectivity index (χ1) is 20.3. The lowest BCUT2D eigenvalue weighted by atomic mass is 9.68. The Bertz CT molecular complexity index is 1590. The summed E-state index contributed by atoms with van der Waals surface area (Å²) < 4.78 is 25.2. The Morgan fingerprint density at radius 3 is 2.50 bits per heavy atom. The lowest BCUT2D eigenvalue weighted by molar-refractivity contribution is -0.141. The molecule has 1 aromatic heterocycles. The molecule has 2 heterocycles. The highest BCUT2D eigenvalue weighted by atomic mass is 19.1. The van der Waals surface area contributed by atoms with E-state index in [1.807, 2.05) is 24.3 Å². The van der Waals surface area contributed by atoms with Crippen molar-refractivity contribution in [1.82, 2.24) is 14.8 Å². The van der Waals surface area contributed by atoms with Crippen molar-refractivity contribution in [3.05, 3.63) is 94.9 Å². The number of amides is 1. The lowest BCUT2D eigenvalue weighted by Crippen LogP contribution is -2.56. The Morgan fingerprint density at radius 2 is 1.79 bits per heavy atom. The van der Waals surface area contributed by atoms with E-state index in [0.29, 0.717) is 30.4 Å². The Kier molecular flexibility index (Phi) is 7.71. The number of carbonyl (C=O) groups is 1. The third kappa shape index (κ3) is 4.94.